The SMILES string of the molecule is O=C1CCCCN1c1c[c]c(-c2ccc(F)c(Cl)c2)cc1. The van der Waals surface area contributed by atoms with Crippen molar-refractivity contribution in [2.24, 2.45) is 0 Å². The van der Waals surface area contributed by atoms with Crippen LogP contribution >= 0.6 is 11.6 Å². The molecule has 2 nitrogen and oxygen atoms in total. The number of anilines is 1. The lowest BCUT2D eigenvalue weighted by Crippen LogP contribution is -2.35. The first-order valence-electron chi connectivity index (χ1n) is 6.93. The summed E-state index contributed by atoms with van der Waals surface area (Å²) in [5, 5.41) is 0.0937. The molecule has 0 aromatic heterocycles. The van der Waals surface area contributed by atoms with Crippen LogP contribution in [-0.4, -0.2) is 12.5 Å². The van der Waals surface area contributed by atoms with E-state index in [0.29, 0.717) is 6.42 Å². The summed E-state index contributed by atoms with van der Waals surface area (Å²) in [5.74, 6) is -0.275. The summed E-state index contributed by atoms with van der Waals surface area (Å²) in [6.07, 6.45) is 2.60. The normalized spacial score (nSPS) is 15.3. The van der Waals surface area contributed by atoms with Crippen LogP contribution in [0.2, 0.25) is 5.02 Å². The highest BCUT2D eigenvalue weighted by Gasteiger charge is 2.19. The van der Waals surface area contributed by atoms with Crippen LogP contribution < -0.4 is 4.90 Å². The molecule has 0 saturated carbocycles. The molecule has 1 amide bonds. The zero-order chi connectivity index (χ0) is 14.8. The molecule has 1 aliphatic rings. The summed E-state index contributed by atoms with van der Waals surface area (Å²) in [5.41, 5.74) is 2.49. The fourth-order valence-corrected chi connectivity index (χ4v) is 2.69. The molecule has 3 rings (SSSR count). The number of rotatable bonds is 2. The highest BCUT2D eigenvalue weighted by atomic mass is 35.5. The maximum Gasteiger partial charge on any atom is 0.226 e. The molecule has 2 aromatic rings. The predicted molar refractivity (Wildman–Crippen MR) is 81.9 cm³/mol. The zero-order valence-electron chi connectivity index (χ0n) is 11.4. The smallest absolute Gasteiger partial charge is 0.226 e. The number of carbonyl (C=O) groups excluding carboxylic acids is 1. The third kappa shape index (κ3) is 2.93. The number of carbonyl (C=O) groups is 1. The van der Waals surface area contributed by atoms with Gasteiger partial charge in [0.25, 0.3) is 0 Å². The molecule has 1 heterocycles. The minimum Gasteiger partial charge on any atom is -0.312 e. The van der Waals surface area contributed by atoms with Gasteiger partial charge in [0.05, 0.1) is 5.02 Å². The number of hydrogen-bond acceptors (Lipinski definition) is 1. The van der Waals surface area contributed by atoms with Gasteiger partial charge in [-0.25, -0.2) is 4.39 Å². The van der Waals surface area contributed by atoms with E-state index in [1.54, 1.807) is 23.1 Å². The Balaban J connectivity index is 1.86. The van der Waals surface area contributed by atoms with E-state index in [2.05, 4.69) is 6.07 Å². The van der Waals surface area contributed by atoms with Gasteiger partial charge in [-0.2, -0.15) is 0 Å². The highest BCUT2D eigenvalue weighted by molar-refractivity contribution is 6.31. The Bertz CT molecular complexity index is 669. The van der Waals surface area contributed by atoms with Gasteiger partial charge in [0.1, 0.15) is 5.82 Å². The summed E-state index contributed by atoms with van der Waals surface area (Å²) in [6.45, 7) is 0.758. The van der Waals surface area contributed by atoms with Gasteiger partial charge < -0.3 is 4.90 Å². The lowest BCUT2D eigenvalue weighted by molar-refractivity contribution is -0.119. The summed E-state index contributed by atoms with van der Waals surface area (Å²) in [4.78, 5) is 13.7. The first-order valence-corrected chi connectivity index (χ1v) is 7.30. The third-order valence-electron chi connectivity index (χ3n) is 3.66. The second-order valence-corrected chi connectivity index (χ2v) is 5.50. The Morgan fingerprint density at radius 2 is 2.05 bits per heavy atom. The minimum atomic E-state index is -0.434. The van der Waals surface area contributed by atoms with Crippen molar-refractivity contribution in [3.8, 4) is 11.1 Å². The van der Waals surface area contributed by atoms with Gasteiger partial charge >= 0.3 is 0 Å². The molecule has 1 aliphatic heterocycles. The van der Waals surface area contributed by atoms with Crippen molar-refractivity contribution < 1.29 is 9.18 Å². The van der Waals surface area contributed by atoms with E-state index in [1.807, 2.05) is 12.1 Å². The van der Waals surface area contributed by atoms with E-state index in [9.17, 15) is 9.18 Å². The molecule has 1 fully saturated rings. The molecule has 0 spiro atoms. The topological polar surface area (TPSA) is 20.3 Å². The van der Waals surface area contributed by atoms with E-state index in [4.69, 9.17) is 11.6 Å². The second kappa shape index (κ2) is 5.86. The van der Waals surface area contributed by atoms with Crippen molar-refractivity contribution in [1.82, 2.24) is 0 Å². The van der Waals surface area contributed by atoms with Gasteiger partial charge in [-0.3, -0.25) is 4.79 Å². The molecular weight excluding hydrogens is 289 g/mol. The van der Waals surface area contributed by atoms with Crippen LogP contribution in [0.15, 0.2) is 36.4 Å². The van der Waals surface area contributed by atoms with Gasteiger partial charge in [-0.05, 0) is 54.3 Å². The average molecular weight is 303 g/mol. The molecule has 1 saturated heterocycles. The number of amides is 1. The third-order valence-corrected chi connectivity index (χ3v) is 3.95. The van der Waals surface area contributed by atoms with E-state index < -0.39 is 5.82 Å². The average Bonchev–Trinajstić information content (AvgIpc) is 2.51. The highest BCUT2D eigenvalue weighted by Crippen LogP contribution is 2.27. The molecule has 1 radical (unpaired) electrons. The molecule has 21 heavy (non-hydrogen) atoms. The van der Waals surface area contributed by atoms with Crippen molar-refractivity contribution in [3.05, 3.63) is 53.3 Å². The van der Waals surface area contributed by atoms with E-state index >= 15 is 0 Å². The van der Waals surface area contributed by atoms with E-state index in [-0.39, 0.29) is 10.9 Å². The van der Waals surface area contributed by atoms with Crippen LogP contribution in [-0.2, 0) is 4.79 Å². The minimum absolute atomic E-state index is 0.0937. The van der Waals surface area contributed by atoms with E-state index in [1.165, 1.54) is 6.07 Å². The Morgan fingerprint density at radius 1 is 1.19 bits per heavy atom. The number of halogens is 2. The van der Waals surface area contributed by atoms with Crippen LogP contribution in [0.25, 0.3) is 11.1 Å². The van der Waals surface area contributed by atoms with Gasteiger partial charge in [-0.1, -0.05) is 23.7 Å². The summed E-state index contributed by atoms with van der Waals surface area (Å²) in [6, 6.07) is 13.3. The first-order chi connectivity index (χ1) is 10.1. The van der Waals surface area contributed by atoms with Gasteiger partial charge in [0, 0.05) is 18.7 Å². The number of benzene rings is 2. The van der Waals surface area contributed by atoms with Crippen molar-refractivity contribution in [1.29, 1.82) is 0 Å². The van der Waals surface area contributed by atoms with Crippen LogP contribution in [0.4, 0.5) is 10.1 Å². The maximum atomic E-state index is 13.2. The Kier molecular flexibility index (Phi) is 3.93. The molecule has 107 valence electrons. The summed E-state index contributed by atoms with van der Waals surface area (Å²) in [7, 11) is 0. The zero-order valence-corrected chi connectivity index (χ0v) is 12.2. The molecule has 0 atom stereocenters. The van der Waals surface area contributed by atoms with Gasteiger partial charge in [0.2, 0.25) is 5.91 Å². The summed E-state index contributed by atoms with van der Waals surface area (Å²) < 4.78 is 13.2. The monoisotopic (exact) mass is 302 g/mol. The van der Waals surface area contributed by atoms with Crippen molar-refractivity contribution >= 4 is 23.2 Å². The molecule has 0 bridgehead atoms. The van der Waals surface area contributed by atoms with Crippen molar-refractivity contribution in [3.63, 3.8) is 0 Å². The standard InChI is InChI=1S/C17H14ClFNO/c18-15-11-13(6-9-16(15)19)12-4-7-14(8-5-12)20-10-2-1-3-17(20)21/h4,6-9,11H,1-3,10H2. The number of piperidine rings is 1. The summed E-state index contributed by atoms with van der Waals surface area (Å²) >= 11 is 5.79. The molecular formula is C17H14ClFNO. The van der Waals surface area contributed by atoms with Crippen LogP contribution in [0, 0.1) is 11.9 Å². The maximum absolute atomic E-state index is 13.2. The lowest BCUT2D eigenvalue weighted by Gasteiger charge is -2.26. The number of hydrogen-bond donors (Lipinski definition) is 0. The van der Waals surface area contributed by atoms with Crippen LogP contribution in [0.1, 0.15) is 19.3 Å². The Labute approximate surface area is 128 Å². The van der Waals surface area contributed by atoms with Crippen molar-refractivity contribution in [2.45, 2.75) is 19.3 Å². The first kappa shape index (κ1) is 14.1. The van der Waals surface area contributed by atoms with Gasteiger partial charge in [-0.15, -0.1) is 0 Å². The Hall–Kier alpha value is -1.87. The fraction of sp³-hybridized carbons (Fsp3) is 0.235. The molecule has 2 aromatic carbocycles. The predicted octanol–water partition coefficient (Wildman–Crippen LogP) is 4.46. The lowest BCUT2D eigenvalue weighted by atomic mass is 10.0. The molecule has 0 unspecified atom stereocenters. The second-order valence-electron chi connectivity index (χ2n) is 5.09. The molecule has 0 N–H and O–H groups in total. The molecule has 0 aliphatic carbocycles. The fourth-order valence-electron chi connectivity index (χ4n) is 2.51. The van der Waals surface area contributed by atoms with Crippen molar-refractivity contribution in [2.75, 3.05) is 11.4 Å². The van der Waals surface area contributed by atoms with Crippen LogP contribution in [0.5, 0.6) is 0 Å². The largest absolute Gasteiger partial charge is 0.312 e. The molecule has 4 heteroatoms. The van der Waals surface area contributed by atoms with Crippen LogP contribution in [0.3, 0.4) is 0 Å². The Morgan fingerprint density at radius 3 is 2.71 bits per heavy atom. The number of nitrogens with zero attached hydrogens (tertiary/aromatic N) is 1. The van der Waals surface area contributed by atoms with E-state index in [0.717, 1.165) is 36.2 Å². The quantitative estimate of drug-likeness (QED) is 0.802. The van der Waals surface area contributed by atoms with Gasteiger partial charge in [0.15, 0.2) is 0 Å².